The summed E-state index contributed by atoms with van der Waals surface area (Å²) in [7, 11) is 0. The molecule has 2 heterocycles. The van der Waals surface area contributed by atoms with Crippen molar-refractivity contribution in [3.8, 4) is 0 Å². The lowest BCUT2D eigenvalue weighted by molar-refractivity contribution is -0.289. The molecule has 0 spiro atoms. The minimum absolute atomic E-state index is 0.0457. The number of hydrogen-bond donors (Lipinski definition) is 0. The average Bonchev–Trinajstić information content (AvgIpc) is 2.98. The predicted molar refractivity (Wildman–Crippen MR) is 208 cm³/mol. The summed E-state index contributed by atoms with van der Waals surface area (Å²) < 4.78 is 0. The summed E-state index contributed by atoms with van der Waals surface area (Å²) in [6, 6.07) is 0. The van der Waals surface area contributed by atoms with E-state index in [4.69, 9.17) is 9.68 Å². The van der Waals surface area contributed by atoms with Gasteiger partial charge in [0.05, 0.1) is 35.4 Å². The van der Waals surface area contributed by atoms with Gasteiger partial charge < -0.3 is 0 Å². The third kappa shape index (κ3) is 16.4. The third-order valence-corrected chi connectivity index (χ3v) is 10.8. The van der Waals surface area contributed by atoms with Crippen LogP contribution >= 0.6 is 0 Å². The summed E-state index contributed by atoms with van der Waals surface area (Å²) >= 11 is 0. The van der Waals surface area contributed by atoms with E-state index >= 15 is 0 Å². The zero-order chi connectivity index (χ0) is 35.5. The van der Waals surface area contributed by atoms with Crippen LogP contribution in [-0.4, -0.2) is 94.6 Å². The van der Waals surface area contributed by atoms with E-state index < -0.39 is 0 Å². The first kappa shape index (κ1) is 43.9. The number of hydrogen-bond acceptors (Lipinski definition) is 6. The van der Waals surface area contributed by atoms with Gasteiger partial charge in [-0.3, -0.25) is 19.5 Å². The SMILES string of the molecule is CCCCCCCCON1C(C)(C)CN(CCCCCCCCCCN2CC(C)(C)N(OCCCCCCCC)C(C)(C)C2)CC1(C)C. The monoisotopic (exact) mass is 679 g/mol. The molecule has 0 aromatic rings. The first-order valence-electron chi connectivity index (χ1n) is 21.1. The Kier molecular flexibility index (Phi) is 20.7. The molecule has 0 atom stereocenters. The summed E-state index contributed by atoms with van der Waals surface area (Å²) in [5.41, 5.74) is 0.183. The molecule has 2 aliphatic rings. The Balaban J connectivity index is 1.54. The number of unbranched alkanes of at least 4 members (excludes halogenated alkanes) is 17. The molecule has 0 aromatic carbocycles. The van der Waals surface area contributed by atoms with Gasteiger partial charge in [-0.15, -0.1) is 0 Å². The lowest BCUT2D eigenvalue weighted by Gasteiger charge is -2.55. The van der Waals surface area contributed by atoms with E-state index in [0.717, 1.165) is 39.4 Å². The van der Waals surface area contributed by atoms with Gasteiger partial charge in [0.25, 0.3) is 0 Å². The van der Waals surface area contributed by atoms with Crippen molar-refractivity contribution in [2.24, 2.45) is 0 Å². The van der Waals surface area contributed by atoms with Crippen molar-refractivity contribution in [2.45, 2.75) is 220 Å². The van der Waals surface area contributed by atoms with Gasteiger partial charge in [0.1, 0.15) is 0 Å². The van der Waals surface area contributed by atoms with E-state index in [0.29, 0.717) is 0 Å². The topological polar surface area (TPSA) is 31.4 Å². The quantitative estimate of drug-likeness (QED) is 0.0804. The summed E-state index contributed by atoms with van der Waals surface area (Å²) in [5.74, 6) is 0. The van der Waals surface area contributed by atoms with Gasteiger partial charge in [-0.1, -0.05) is 117 Å². The number of rotatable bonds is 27. The van der Waals surface area contributed by atoms with Crippen LogP contribution in [0, 0.1) is 0 Å². The zero-order valence-corrected chi connectivity index (χ0v) is 34.4. The van der Waals surface area contributed by atoms with Gasteiger partial charge in [0.15, 0.2) is 0 Å². The highest BCUT2D eigenvalue weighted by Crippen LogP contribution is 2.34. The molecule has 0 unspecified atom stereocenters. The fourth-order valence-corrected chi connectivity index (χ4v) is 9.02. The second kappa shape index (κ2) is 22.6. The molecule has 2 aliphatic heterocycles. The second-order valence-electron chi connectivity index (χ2n) is 18.3. The molecule has 286 valence electrons. The first-order chi connectivity index (χ1) is 22.7. The van der Waals surface area contributed by atoms with Gasteiger partial charge in [-0.2, -0.15) is 10.1 Å². The van der Waals surface area contributed by atoms with E-state index in [-0.39, 0.29) is 22.2 Å². The van der Waals surface area contributed by atoms with Crippen molar-refractivity contribution < 1.29 is 9.68 Å². The third-order valence-electron chi connectivity index (χ3n) is 10.8. The number of piperazine rings is 2. The predicted octanol–water partition coefficient (Wildman–Crippen LogP) is 11.0. The van der Waals surface area contributed by atoms with Gasteiger partial charge in [-0.25, -0.2) is 0 Å². The molecule has 6 nitrogen and oxygen atoms in total. The smallest absolute Gasteiger partial charge is 0.0685 e. The van der Waals surface area contributed by atoms with Crippen molar-refractivity contribution >= 4 is 0 Å². The van der Waals surface area contributed by atoms with Crippen LogP contribution in [0.3, 0.4) is 0 Å². The van der Waals surface area contributed by atoms with Crippen LogP contribution in [0.1, 0.15) is 198 Å². The van der Waals surface area contributed by atoms with Crippen LogP contribution in [0.4, 0.5) is 0 Å². The van der Waals surface area contributed by atoms with Crippen molar-refractivity contribution in [2.75, 3.05) is 52.5 Å². The minimum atomic E-state index is 0.0457. The lowest BCUT2D eigenvalue weighted by Crippen LogP contribution is -2.68. The van der Waals surface area contributed by atoms with Crippen LogP contribution in [0.25, 0.3) is 0 Å². The van der Waals surface area contributed by atoms with Crippen LogP contribution in [0.2, 0.25) is 0 Å². The van der Waals surface area contributed by atoms with Crippen molar-refractivity contribution in [3.05, 3.63) is 0 Å². The fourth-order valence-electron chi connectivity index (χ4n) is 9.02. The molecule has 0 radical (unpaired) electrons. The molecule has 0 N–H and O–H groups in total. The Morgan fingerprint density at radius 2 is 0.604 bits per heavy atom. The highest BCUT2D eigenvalue weighted by molar-refractivity contribution is 4.98. The molecular formula is C42H86N4O2. The minimum Gasteiger partial charge on any atom is -0.300 e. The molecule has 2 rings (SSSR count). The summed E-state index contributed by atoms with van der Waals surface area (Å²) in [6.07, 6.45) is 26.7. The molecule has 0 aliphatic carbocycles. The molecule has 48 heavy (non-hydrogen) atoms. The van der Waals surface area contributed by atoms with E-state index in [1.807, 2.05) is 0 Å². The lowest BCUT2D eigenvalue weighted by atomic mass is 9.90. The Hall–Kier alpha value is -0.240. The Morgan fingerprint density at radius 1 is 0.354 bits per heavy atom. The molecule has 2 fully saturated rings. The first-order valence-corrected chi connectivity index (χ1v) is 21.1. The van der Waals surface area contributed by atoms with Crippen molar-refractivity contribution in [3.63, 3.8) is 0 Å². The van der Waals surface area contributed by atoms with Gasteiger partial charge in [-0.05, 0) is 94.2 Å². The molecule has 0 bridgehead atoms. The second-order valence-corrected chi connectivity index (χ2v) is 18.3. The Bertz CT molecular complexity index is 711. The molecule has 0 amide bonds. The van der Waals surface area contributed by atoms with Crippen LogP contribution in [0.5, 0.6) is 0 Å². The Morgan fingerprint density at radius 3 is 0.896 bits per heavy atom. The van der Waals surface area contributed by atoms with Crippen molar-refractivity contribution in [1.82, 2.24) is 19.9 Å². The normalized spacial score (nSPS) is 21.6. The average molecular weight is 679 g/mol. The summed E-state index contributed by atoms with van der Waals surface area (Å²) in [6.45, 7) is 32.1. The maximum Gasteiger partial charge on any atom is 0.0685 e. The van der Waals surface area contributed by atoms with Crippen molar-refractivity contribution in [1.29, 1.82) is 0 Å². The fraction of sp³-hybridized carbons (Fsp3) is 1.00. The highest BCUT2D eigenvalue weighted by atomic mass is 16.7. The van der Waals surface area contributed by atoms with Crippen LogP contribution in [-0.2, 0) is 9.68 Å². The molecule has 2 saturated heterocycles. The largest absolute Gasteiger partial charge is 0.300 e. The number of hydroxylamine groups is 4. The Labute approximate surface area is 301 Å². The van der Waals surface area contributed by atoms with E-state index in [9.17, 15) is 0 Å². The molecule has 6 heteroatoms. The van der Waals surface area contributed by atoms with E-state index in [2.05, 4.69) is 89.2 Å². The standard InChI is InChI=1S/C42H86N4O2/c1-11-13-15-17-25-29-33-47-45-39(3,4)35-43(36-40(45,5)6)31-27-23-21-19-20-22-24-28-32-44-37-41(7,8)46(42(9,10)38-44)48-34-30-26-18-16-14-12-2/h11-38H2,1-10H3. The number of nitrogens with zero attached hydrogens (tertiary/aromatic N) is 4. The van der Waals surface area contributed by atoms with E-state index in [1.54, 1.807) is 0 Å². The molecule has 0 aromatic heterocycles. The highest BCUT2D eigenvalue weighted by Gasteiger charge is 2.46. The van der Waals surface area contributed by atoms with Crippen LogP contribution < -0.4 is 0 Å². The van der Waals surface area contributed by atoms with E-state index in [1.165, 1.54) is 142 Å². The maximum absolute atomic E-state index is 6.45. The van der Waals surface area contributed by atoms with Gasteiger partial charge in [0, 0.05) is 26.2 Å². The molecular weight excluding hydrogens is 592 g/mol. The summed E-state index contributed by atoms with van der Waals surface area (Å²) in [4.78, 5) is 18.3. The maximum atomic E-state index is 6.45. The molecule has 0 saturated carbocycles. The van der Waals surface area contributed by atoms with Crippen LogP contribution in [0.15, 0.2) is 0 Å². The zero-order valence-electron chi connectivity index (χ0n) is 34.4. The van der Waals surface area contributed by atoms with Gasteiger partial charge in [0.2, 0.25) is 0 Å². The summed E-state index contributed by atoms with van der Waals surface area (Å²) in [5, 5.41) is 4.69. The van der Waals surface area contributed by atoms with Gasteiger partial charge >= 0.3 is 0 Å².